The Balaban J connectivity index is 2.87. The molecule has 0 fully saturated rings. The molecule has 0 spiro atoms. The minimum atomic E-state index is 0.639. The molecule has 0 aliphatic heterocycles. The molecule has 1 aromatic rings. The second kappa shape index (κ2) is 6.06. The van der Waals surface area contributed by atoms with Crippen LogP contribution >= 0.6 is 0 Å². The van der Waals surface area contributed by atoms with E-state index in [1.54, 1.807) is 0 Å². The van der Waals surface area contributed by atoms with E-state index >= 15 is 0 Å². The summed E-state index contributed by atoms with van der Waals surface area (Å²) in [5.41, 5.74) is 6.59. The fourth-order valence-electron chi connectivity index (χ4n) is 1.29. The van der Waals surface area contributed by atoms with Crippen LogP contribution in [0.25, 0.3) is 0 Å². The predicted octanol–water partition coefficient (Wildman–Crippen LogP) is 2.87. The van der Waals surface area contributed by atoms with Crippen LogP contribution in [0.3, 0.4) is 0 Å². The van der Waals surface area contributed by atoms with E-state index in [9.17, 15) is 0 Å². The smallest absolute Gasteiger partial charge is 0.144 e. The fourth-order valence-corrected chi connectivity index (χ4v) is 1.29. The molecule has 0 aliphatic carbocycles. The average Bonchev–Trinajstić information content (AvgIpc) is 2.21. The summed E-state index contributed by atoms with van der Waals surface area (Å²) in [6.45, 7) is 4.67. The van der Waals surface area contributed by atoms with E-state index in [0.717, 1.165) is 24.3 Å². The largest absolute Gasteiger partial charge is 0.492 e. The third kappa shape index (κ3) is 3.62. The van der Waals surface area contributed by atoms with Gasteiger partial charge in [0.15, 0.2) is 0 Å². The van der Waals surface area contributed by atoms with E-state index in [0.29, 0.717) is 12.4 Å². The molecule has 0 radical (unpaired) electrons. The van der Waals surface area contributed by atoms with Gasteiger partial charge in [-0.3, -0.25) is 0 Å². The Morgan fingerprint density at radius 3 is 2.73 bits per heavy atom. The van der Waals surface area contributed by atoms with Crippen molar-refractivity contribution < 1.29 is 4.74 Å². The van der Waals surface area contributed by atoms with Crippen molar-refractivity contribution in [3.05, 3.63) is 24.3 Å². The van der Waals surface area contributed by atoms with Crippen LogP contribution in [0.4, 0.5) is 5.69 Å². The van der Waals surface area contributed by atoms with Crippen LogP contribution in [0.1, 0.15) is 26.7 Å². The Kier molecular flexibility index (Phi) is 4.68. The molecule has 15 heavy (non-hydrogen) atoms. The highest BCUT2D eigenvalue weighted by molar-refractivity contribution is 5.83. The maximum atomic E-state index is 5.78. The minimum Gasteiger partial charge on any atom is -0.492 e. The van der Waals surface area contributed by atoms with Crippen molar-refractivity contribution >= 4 is 11.5 Å². The fraction of sp³-hybridized carbons (Fsp3) is 0.417. The summed E-state index contributed by atoms with van der Waals surface area (Å²) in [4.78, 5) is 4.34. The number of benzene rings is 1. The zero-order chi connectivity index (χ0) is 11.1. The molecule has 0 amide bonds. The van der Waals surface area contributed by atoms with Crippen molar-refractivity contribution in [1.29, 1.82) is 0 Å². The molecule has 82 valence electrons. The van der Waals surface area contributed by atoms with Crippen LogP contribution in [-0.4, -0.2) is 12.4 Å². The van der Waals surface area contributed by atoms with Gasteiger partial charge in [0, 0.05) is 6.42 Å². The van der Waals surface area contributed by atoms with Crippen molar-refractivity contribution in [1.82, 2.24) is 0 Å². The van der Waals surface area contributed by atoms with E-state index in [-0.39, 0.29) is 0 Å². The third-order valence-corrected chi connectivity index (χ3v) is 1.94. The highest BCUT2D eigenvalue weighted by Crippen LogP contribution is 2.26. The van der Waals surface area contributed by atoms with Gasteiger partial charge in [0.2, 0.25) is 0 Å². The summed E-state index contributed by atoms with van der Waals surface area (Å²) in [5.74, 6) is 1.45. The lowest BCUT2D eigenvalue weighted by Gasteiger charge is -2.06. The minimum absolute atomic E-state index is 0.639. The number of para-hydroxylation sites is 2. The first-order chi connectivity index (χ1) is 7.27. The number of hydrogen-bond acceptors (Lipinski definition) is 2. The molecule has 0 heterocycles. The maximum absolute atomic E-state index is 5.78. The molecule has 0 saturated heterocycles. The summed E-state index contributed by atoms with van der Waals surface area (Å²) in [6.07, 6.45) is 1.83. The van der Waals surface area contributed by atoms with E-state index < -0.39 is 0 Å². The molecule has 0 bridgehead atoms. The molecule has 3 heteroatoms. The van der Waals surface area contributed by atoms with Gasteiger partial charge in [0.1, 0.15) is 11.4 Å². The molecular weight excluding hydrogens is 188 g/mol. The number of amidine groups is 1. The molecule has 0 aromatic heterocycles. The van der Waals surface area contributed by atoms with Gasteiger partial charge in [-0.1, -0.05) is 19.1 Å². The van der Waals surface area contributed by atoms with Gasteiger partial charge < -0.3 is 10.5 Å². The molecular formula is C12H18N2O. The first kappa shape index (κ1) is 11.6. The van der Waals surface area contributed by atoms with E-state index in [1.165, 1.54) is 0 Å². The Hall–Kier alpha value is -1.51. The SMILES string of the molecule is CCCC(N)=Nc1ccccc1OCC. The molecule has 1 rings (SSSR count). The number of hydrogen-bond donors (Lipinski definition) is 1. The zero-order valence-corrected chi connectivity index (χ0v) is 9.36. The summed E-state index contributed by atoms with van der Waals surface area (Å²) in [7, 11) is 0. The van der Waals surface area contributed by atoms with Crippen LogP contribution in [0.5, 0.6) is 5.75 Å². The standard InChI is InChI=1S/C12H18N2O/c1-3-7-12(13)14-10-8-5-6-9-11(10)15-4-2/h5-6,8-9H,3-4,7H2,1-2H3,(H2,13,14). The number of nitrogens with two attached hydrogens (primary N) is 1. The van der Waals surface area contributed by atoms with Gasteiger partial charge in [-0.15, -0.1) is 0 Å². The molecule has 3 nitrogen and oxygen atoms in total. The Morgan fingerprint density at radius 1 is 1.33 bits per heavy atom. The lowest BCUT2D eigenvalue weighted by Crippen LogP contribution is -2.10. The maximum Gasteiger partial charge on any atom is 0.144 e. The Morgan fingerprint density at radius 2 is 2.07 bits per heavy atom. The van der Waals surface area contributed by atoms with E-state index in [2.05, 4.69) is 11.9 Å². The predicted molar refractivity (Wildman–Crippen MR) is 63.8 cm³/mol. The second-order valence-corrected chi connectivity index (χ2v) is 3.25. The molecule has 0 saturated carbocycles. The average molecular weight is 206 g/mol. The van der Waals surface area contributed by atoms with Crippen molar-refractivity contribution in [3.8, 4) is 5.75 Å². The third-order valence-electron chi connectivity index (χ3n) is 1.94. The lowest BCUT2D eigenvalue weighted by atomic mass is 10.3. The van der Waals surface area contributed by atoms with Crippen LogP contribution in [0, 0.1) is 0 Å². The van der Waals surface area contributed by atoms with Gasteiger partial charge in [0.25, 0.3) is 0 Å². The second-order valence-electron chi connectivity index (χ2n) is 3.25. The van der Waals surface area contributed by atoms with Crippen LogP contribution in [0.15, 0.2) is 29.3 Å². The Labute approximate surface area is 91.0 Å². The molecule has 0 atom stereocenters. The van der Waals surface area contributed by atoms with Gasteiger partial charge in [-0.05, 0) is 25.5 Å². The molecule has 2 N–H and O–H groups in total. The Bertz CT molecular complexity index is 334. The molecule has 0 aliphatic rings. The topological polar surface area (TPSA) is 47.6 Å². The number of aliphatic imine (C=N–C) groups is 1. The molecule has 0 unspecified atom stereocenters. The lowest BCUT2D eigenvalue weighted by molar-refractivity contribution is 0.341. The summed E-state index contributed by atoms with van der Waals surface area (Å²) in [6, 6.07) is 7.68. The van der Waals surface area contributed by atoms with Crippen LogP contribution < -0.4 is 10.5 Å². The monoisotopic (exact) mass is 206 g/mol. The first-order valence-corrected chi connectivity index (χ1v) is 5.32. The van der Waals surface area contributed by atoms with E-state index in [4.69, 9.17) is 10.5 Å². The summed E-state index contributed by atoms with van der Waals surface area (Å²) < 4.78 is 5.45. The van der Waals surface area contributed by atoms with Crippen molar-refractivity contribution in [3.63, 3.8) is 0 Å². The van der Waals surface area contributed by atoms with Crippen molar-refractivity contribution in [2.45, 2.75) is 26.7 Å². The molecule has 1 aromatic carbocycles. The normalized spacial score (nSPS) is 11.5. The van der Waals surface area contributed by atoms with Crippen molar-refractivity contribution in [2.75, 3.05) is 6.61 Å². The summed E-state index contributed by atoms with van der Waals surface area (Å²) >= 11 is 0. The van der Waals surface area contributed by atoms with Gasteiger partial charge >= 0.3 is 0 Å². The van der Waals surface area contributed by atoms with E-state index in [1.807, 2.05) is 31.2 Å². The van der Waals surface area contributed by atoms with Crippen LogP contribution in [0.2, 0.25) is 0 Å². The quantitative estimate of drug-likeness (QED) is 0.594. The van der Waals surface area contributed by atoms with Crippen molar-refractivity contribution in [2.24, 2.45) is 10.7 Å². The number of nitrogens with zero attached hydrogens (tertiary/aromatic N) is 1. The van der Waals surface area contributed by atoms with Gasteiger partial charge in [0.05, 0.1) is 12.4 Å². The van der Waals surface area contributed by atoms with Crippen LogP contribution in [-0.2, 0) is 0 Å². The summed E-state index contributed by atoms with van der Waals surface area (Å²) in [5, 5.41) is 0. The first-order valence-electron chi connectivity index (χ1n) is 5.32. The number of rotatable bonds is 5. The van der Waals surface area contributed by atoms with Gasteiger partial charge in [-0.2, -0.15) is 0 Å². The highest BCUT2D eigenvalue weighted by atomic mass is 16.5. The zero-order valence-electron chi connectivity index (χ0n) is 9.36. The highest BCUT2D eigenvalue weighted by Gasteiger charge is 2.00. The number of ether oxygens (including phenoxy) is 1. The van der Waals surface area contributed by atoms with Gasteiger partial charge in [-0.25, -0.2) is 4.99 Å².